The number of carbonyl (C=O) groups is 1. The topological polar surface area (TPSA) is 63.2 Å². The average Bonchev–Trinajstić information content (AvgIpc) is 2.27. The molecule has 1 N–H and O–H groups in total. The van der Waals surface area contributed by atoms with Crippen molar-refractivity contribution in [1.29, 1.82) is 0 Å². The fourth-order valence-corrected chi connectivity index (χ4v) is 2.79. The molecule has 0 radical (unpaired) electrons. The van der Waals surface area contributed by atoms with Crippen LogP contribution in [0.5, 0.6) is 0 Å². The van der Waals surface area contributed by atoms with Crippen molar-refractivity contribution < 1.29 is 13.2 Å². The summed E-state index contributed by atoms with van der Waals surface area (Å²) in [7, 11) is 1.47. The van der Waals surface area contributed by atoms with Crippen molar-refractivity contribution in [2.75, 3.05) is 5.32 Å². The Morgan fingerprint density at radius 1 is 1.42 bits per heavy atom. The van der Waals surface area contributed by atoms with Gasteiger partial charge < -0.3 is 5.32 Å². The lowest BCUT2D eigenvalue weighted by Crippen LogP contribution is -2.12. The van der Waals surface area contributed by atoms with Crippen LogP contribution < -0.4 is 5.32 Å². The lowest BCUT2D eigenvalue weighted by atomic mass is 10.1. The largest absolute Gasteiger partial charge is 0.325 e. The Morgan fingerprint density at radius 3 is 2.53 bits per heavy atom. The van der Waals surface area contributed by atoms with Gasteiger partial charge in [0.15, 0.2) is 0 Å². The maximum absolute atomic E-state index is 11.7. The molecule has 4 nitrogen and oxygen atoms in total. The molecule has 0 bridgehead atoms. The molecule has 0 aliphatic rings. The number of amides is 1. The van der Waals surface area contributed by atoms with Gasteiger partial charge in [0.1, 0.15) is 0 Å². The number of hydrogen-bond acceptors (Lipinski definition) is 3. The smallest absolute Gasteiger partial charge is 0.261 e. The molecule has 106 valence electrons. The molecule has 1 rings (SSSR count). The predicted octanol–water partition coefficient (Wildman–Crippen LogP) is 3.75. The van der Waals surface area contributed by atoms with Gasteiger partial charge in [-0.3, -0.25) is 4.79 Å². The third-order valence-electron chi connectivity index (χ3n) is 2.44. The Hall–Kier alpha value is -0.590. The zero-order valence-electron chi connectivity index (χ0n) is 10.6. The van der Waals surface area contributed by atoms with E-state index in [9.17, 15) is 13.2 Å². The van der Waals surface area contributed by atoms with E-state index in [1.54, 1.807) is 0 Å². The average molecular weight is 369 g/mol. The van der Waals surface area contributed by atoms with Gasteiger partial charge in [-0.15, -0.1) is 0 Å². The number of benzene rings is 1. The minimum absolute atomic E-state index is 0.0128. The van der Waals surface area contributed by atoms with E-state index in [-0.39, 0.29) is 10.8 Å². The quantitative estimate of drug-likeness (QED) is 0.805. The van der Waals surface area contributed by atoms with Gasteiger partial charge in [-0.2, -0.15) is 0 Å². The Morgan fingerprint density at radius 2 is 2.05 bits per heavy atom. The summed E-state index contributed by atoms with van der Waals surface area (Å²) in [6, 6.07) is 4.22. The Balaban J connectivity index is 2.78. The maximum atomic E-state index is 11.7. The van der Waals surface area contributed by atoms with Gasteiger partial charge in [-0.1, -0.05) is 13.8 Å². The zero-order valence-corrected chi connectivity index (χ0v) is 13.8. The highest BCUT2D eigenvalue weighted by atomic mass is 79.9. The summed E-state index contributed by atoms with van der Waals surface area (Å²) in [5.41, 5.74) is 0.526. The van der Waals surface area contributed by atoms with Crippen molar-refractivity contribution in [3.05, 3.63) is 22.7 Å². The highest BCUT2D eigenvalue weighted by Gasteiger charge is 2.13. The summed E-state index contributed by atoms with van der Waals surface area (Å²) < 4.78 is 22.8. The molecule has 0 aliphatic heterocycles. The number of halogens is 2. The first-order valence-corrected chi connectivity index (χ1v) is 8.84. The molecule has 0 fully saturated rings. The van der Waals surface area contributed by atoms with E-state index in [1.807, 2.05) is 13.8 Å². The van der Waals surface area contributed by atoms with Crippen LogP contribution in [0.1, 0.15) is 26.7 Å². The van der Waals surface area contributed by atoms with Gasteiger partial charge in [0.05, 0.1) is 10.6 Å². The van der Waals surface area contributed by atoms with Crippen molar-refractivity contribution in [3.63, 3.8) is 0 Å². The summed E-state index contributed by atoms with van der Waals surface area (Å²) >= 11 is 3.21. The van der Waals surface area contributed by atoms with Crippen LogP contribution in [0.3, 0.4) is 0 Å². The first-order chi connectivity index (χ1) is 8.70. The standard InChI is InChI=1S/C12H15BrClNO3S/c1-8(2)3-6-12(16)15-11-5-4-9(7-10(11)13)19(14,17)18/h4-5,7-8H,3,6H2,1-2H3,(H,15,16). The third kappa shape index (κ3) is 5.50. The number of anilines is 1. The highest BCUT2D eigenvalue weighted by Crippen LogP contribution is 2.27. The van der Waals surface area contributed by atoms with Crippen molar-refractivity contribution in [2.24, 2.45) is 5.92 Å². The molecule has 0 aliphatic carbocycles. The zero-order chi connectivity index (χ0) is 14.6. The monoisotopic (exact) mass is 367 g/mol. The molecule has 0 atom stereocenters. The van der Waals surface area contributed by atoms with Gasteiger partial charge in [0, 0.05) is 21.6 Å². The minimum Gasteiger partial charge on any atom is -0.325 e. The van der Waals surface area contributed by atoms with Crippen molar-refractivity contribution in [1.82, 2.24) is 0 Å². The van der Waals surface area contributed by atoms with E-state index < -0.39 is 9.05 Å². The van der Waals surface area contributed by atoms with Gasteiger partial charge in [0.2, 0.25) is 5.91 Å². The van der Waals surface area contributed by atoms with Gasteiger partial charge in [-0.05, 0) is 46.5 Å². The summed E-state index contributed by atoms with van der Waals surface area (Å²) in [6.45, 7) is 4.09. The predicted molar refractivity (Wildman–Crippen MR) is 79.9 cm³/mol. The van der Waals surface area contributed by atoms with Crippen molar-refractivity contribution in [2.45, 2.75) is 31.6 Å². The SMILES string of the molecule is CC(C)CCC(=O)Nc1ccc(S(=O)(=O)Cl)cc1Br. The molecule has 0 aromatic heterocycles. The fourth-order valence-electron chi connectivity index (χ4n) is 1.38. The van der Waals surface area contributed by atoms with E-state index in [0.29, 0.717) is 22.5 Å². The lowest BCUT2D eigenvalue weighted by molar-refractivity contribution is -0.116. The molecule has 0 saturated carbocycles. The molecular weight excluding hydrogens is 354 g/mol. The van der Waals surface area contributed by atoms with Crippen LogP contribution in [0.2, 0.25) is 0 Å². The third-order valence-corrected chi connectivity index (χ3v) is 4.45. The number of rotatable bonds is 5. The van der Waals surface area contributed by atoms with E-state index >= 15 is 0 Å². The molecule has 1 aromatic carbocycles. The molecule has 1 aromatic rings. The Bertz CT molecular complexity index is 572. The first kappa shape index (κ1) is 16.5. The summed E-state index contributed by atoms with van der Waals surface area (Å²) in [6.07, 6.45) is 1.23. The van der Waals surface area contributed by atoms with Crippen LogP contribution in [-0.2, 0) is 13.8 Å². The molecule has 7 heteroatoms. The van der Waals surface area contributed by atoms with Crippen LogP contribution in [0.4, 0.5) is 5.69 Å². The molecule has 19 heavy (non-hydrogen) atoms. The summed E-state index contributed by atoms with van der Waals surface area (Å²) in [5, 5.41) is 2.72. The normalized spacial score (nSPS) is 11.6. The highest BCUT2D eigenvalue weighted by molar-refractivity contribution is 9.10. The molecule has 0 spiro atoms. The van der Waals surface area contributed by atoms with E-state index in [1.165, 1.54) is 18.2 Å². The van der Waals surface area contributed by atoms with Crippen LogP contribution >= 0.6 is 26.6 Å². The van der Waals surface area contributed by atoms with Crippen LogP contribution in [-0.4, -0.2) is 14.3 Å². The molecule has 0 saturated heterocycles. The summed E-state index contributed by atoms with van der Waals surface area (Å²) in [5.74, 6) is 0.355. The second kappa shape index (κ2) is 6.72. The Kier molecular flexibility index (Phi) is 5.82. The molecule has 0 unspecified atom stereocenters. The number of carbonyl (C=O) groups excluding carboxylic acids is 1. The first-order valence-electron chi connectivity index (χ1n) is 5.74. The van der Waals surface area contributed by atoms with E-state index in [0.717, 1.165) is 6.42 Å². The maximum Gasteiger partial charge on any atom is 0.261 e. The van der Waals surface area contributed by atoms with Gasteiger partial charge in [0.25, 0.3) is 9.05 Å². The number of nitrogens with one attached hydrogen (secondary N) is 1. The fraction of sp³-hybridized carbons (Fsp3) is 0.417. The van der Waals surface area contributed by atoms with Gasteiger partial charge >= 0.3 is 0 Å². The van der Waals surface area contributed by atoms with Crippen molar-refractivity contribution >= 4 is 47.3 Å². The van der Waals surface area contributed by atoms with Crippen molar-refractivity contribution in [3.8, 4) is 0 Å². The van der Waals surface area contributed by atoms with Crippen LogP contribution in [0.15, 0.2) is 27.6 Å². The van der Waals surface area contributed by atoms with E-state index in [2.05, 4.69) is 21.2 Å². The van der Waals surface area contributed by atoms with Crippen LogP contribution in [0, 0.1) is 5.92 Å². The Labute approximate surface area is 126 Å². The molecule has 0 heterocycles. The second-order valence-electron chi connectivity index (χ2n) is 4.56. The summed E-state index contributed by atoms with van der Waals surface area (Å²) in [4.78, 5) is 11.7. The molecular formula is C12H15BrClNO3S. The molecule has 1 amide bonds. The van der Waals surface area contributed by atoms with Crippen LogP contribution in [0.25, 0.3) is 0 Å². The number of hydrogen-bond donors (Lipinski definition) is 1. The van der Waals surface area contributed by atoms with E-state index in [4.69, 9.17) is 10.7 Å². The van der Waals surface area contributed by atoms with Gasteiger partial charge in [-0.25, -0.2) is 8.42 Å². The lowest BCUT2D eigenvalue weighted by Gasteiger charge is -2.09. The second-order valence-corrected chi connectivity index (χ2v) is 7.98. The minimum atomic E-state index is -3.76.